The van der Waals surface area contributed by atoms with Gasteiger partial charge in [-0.3, -0.25) is 4.79 Å². The third kappa shape index (κ3) is 3.00. The molecule has 0 saturated carbocycles. The Hall–Kier alpha value is -1.03. The summed E-state index contributed by atoms with van der Waals surface area (Å²) < 4.78 is 1.16. The van der Waals surface area contributed by atoms with E-state index in [1.165, 1.54) is 11.1 Å². The fourth-order valence-corrected chi connectivity index (χ4v) is 2.35. The minimum atomic E-state index is 0.167. The summed E-state index contributed by atoms with van der Waals surface area (Å²) in [6.07, 6.45) is 1.59. The van der Waals surface area contributed by atoms with E-state index in [1.807, 2.05) is 0 Å². The third-order valence-electron chi connectivity index (χ3n) is 3.07. The summed E-state index contributed by atoms with van der Waals surface area (Å²) in [5.74, 6) is 0.167. The minimum Gasteiger partial charge on any atom is -0.383 e. The van der Waals surface area contributed by atoms with Crippen molar-refractivity contribution < 1.29 is 4.79 Å². The molecule has 1 amide bonds. The van der Waals surface area contributed by atoms with E-state index in [2.05, 4.69) is 52.5 Å². The average Bonchev–Trinajstić information content (AvgIpc) is 2.69. The number of nitrogens with one attached hydrogen (secondary N) is 2. The first-order valence-electron chi connectivity index (χ1n) is 5.86. The molecule has 1 aromatic rings. The average molecular weight is 297 g/mol. The quantitative estimate of drug-likeness (QED) is 0.900. The molecule has 3 nitrogen and oxygen atoms in total. The first kappa shape index (κ1) is 12.4. The lowest BCUT2D eigenvalue weighted by Gasteiger charge is -2.14. The maximum absolute atomic E-state index is 11.1. The Morgan fingerprint density at radius 2 is 2.06 bits per heavy atom. The van der Waals surface area contributed by atoms with Crippen LogP contribution in [0.5, 0.6) is 0 Å². The van der Waals surface area contributed by atoms with Crippen LogP contribution in [0.3, 0.4) is 0 Å². The summed E-state index contributed by atoms with van der Waals surface area (Å²) in [6.45, 7) is 4.96. The van der Waals surface area contributed by atoms with Crippen molar-refractivity contribution in [1.82, 2.24) is 5.32 Å². The summed E-state index contributed by atoms with van der Waals surface area (Å²) in [4.78, 5) is 11.1. The van der Waals surface area contributed by atoms with Gasteiger partial charge in [0.05, 0.1) is 0 Å². The first-order valence-corrected chi connectivity index (χ1v) is 6.65. The molecule has 1 fully saturated rings. The van der Waals surface area contributed by atoms with E-state index in [4.69, 9.17) is 0 Å². The van der Waals surface area contributed by atoms with Gasteiger partial charge in [-0.1, -0.05) is 15.9 Å². The van der Waals surface area contributed by atoms with Gasteiger partial charge in [0.15, 0.2) is 0 Å². The summed E-state index contributed by atoms with van der Waals surface area (Å²) in [7, 11) is 0. The van der Waals surface area contributed by atoms with E-state index in [-0.39, 0.29) is 11.9 Å². The Morgan fingerprint density at radius 1 is 1.41 bits per heavy atom. The molecule has 1 unspecified atom stereocenters. The maximum Gasteiger partial charge on any atom is 0.220 e. The predicted octanol–water partition coefficient (Wildman–Crippen LogP) is 2.76. The molecule has 1 aliphatic heterocycles. The van der Waals surface area contributed by atoms with Crippen molar-refractivity contribution in [2.24, 2.45) is 0 Å². The van der Waals surface area contributed by atoms with Crippen LogP contribution < -0.4 is 10.6 Å². The van der Waals surface area contributed by atoms with Crippen LogP contribution in [-0.2, 0) is 4.79 Å². The van der Waals surface area contributed by atoms with Gasteiger partial charge in [0.2, 0.25) is 5.91 Å². The van der Waals surface area contributed by atoms with Crippen LogP contribution >= 0.6 is 15.9 Å². The van der Waals surface area contributed by atoms with Crippen molar-refractivity contribution in [3.63, 3.8) is 0 Å². The highest BCUT2D eigenvalue weighted by Gasteiger charge is 2.20. The lowest BCUT2D eigenvalue weighted by Crippen LogP contribution is -2.31. The largest absolute Gasteiger partial charge is 0.383 e. The van der Waals surface area contributed by atoms with Crippen molar-refractivity contribution in [3.8, 4) is 0 Å². The van der Waals surface area contributed by atoms with E-state index in [0.29, 0.717) is 6.42 Å². The van der Waals surface area contributed by atoms with E-state index in [9.17, 15) is 4.79 Å². The maximum atomic E-state index is 11.1. The Morgan fingerprint density at radius 3 is 2.59 bits per heavy atom. The Labute approximate surface area is 110 Å². The van der Waals surface area contributed by atoms with Crippen LogP contribution in [0.4, 0.5) is 5.69 Å². The smallest absolute Gasteiger partial charge is 0.220 e. The van der Waals surface area contributed by atoms with Gasteiger partial charge in [-0.25, -0.2) is 0 Å². The lowest BCUT2D eigenvalue weighted by molar-refractivity contribution is -0.119. The number of benzene rings is 1. The monoisotopic (exact) mass is 296 g/mol. The lowest BCUT2D eigenvalue weighted by atomic mass is 10.1. The number of carbonyl (C=O) groups excluding carboxylic acids is 1. The van der Waals surface area contributed by atoms with Gasteiger partial charge in [0.1, 0.15) is 0 Å². The second kappa shape index (κ2) is 5.08. The molecule has 2 rings (SSSR count). The molecule has 92 valence electrons. The van der Waals surface area contributed by atoms with Crippen LogP contribution in [0.2, 0.25) is 0 Å². The second-order valence-corrected chi connectivity index (χ2v) is 5.40. The summed E-state index contributed by atoms with van der Waals surface area (Å²) in [5.41, 5.74) is 3.57. The number of anilines is 1. The van der Waals surface area contributed by atoms with Crippen LogP contribution in [0.25, 0.3) is 0 Å². The third-order valence-corrected chi connectivity index (χ3v) is 4.32. The van der Waals surface area contributed by atoms with E-state index >= 15 is 0 Å². The number of halogens is 1. The first-order chi connectivity index (χ1) is 8.06. The highest BCUT2D eigenvalue weighted by Crippen LogP contribution is 2.25. The van der Waals surface area contributed by atoms with Gasteiger partial charge < -0.3 is 10.6 Å². The highest BCUT2D eigenvalue weighted by molar-refractivity contribution is 9.10. The number of hydrogen-bond donors (Lipinski definition) is 2. The molecule has 0 aliphatic carbocycles. The summed E-state index contributed by atoms with van der Waals surface area (Å²) >= 11 is 3.55. The fraction of sp³-hybridized carbons (Fsp3) is 0.462. The number of hydrogen-bond acceptors (Lipinski definition) is 2. The normalized spacial score (nSPS) is 19.2. The molecule has 1 atom stereocenters. The van der Waals surface area contributed by atoms with Crippen molar-refractivity contribution in [1.29, 1.82) is 0 Å². The standard InChI is InChI=1S/C13H17BrN2O/c1-8-5-11(6-9(2)13(8)14)15-7-10-3-4-12(17)16-10/h5-6,10,15H,3-4,7H2,1-2H3,(H,16,17). The Balaban J connectivity index is 1.97. The fourth-order valence-electron chi connectivity index (χ4n) is 2.12. The van der Waals surface area contributed by atoms with Gasteiger partial charge in [-0.15, -0.1) is 0 Å². The van der Waals surface area contributed by atoms with E-state index in [0.717, 1.165) is 23.1 Å². The zero-order valence-corrected chi connectivity index (χ0v) is 11.7. The molecule has 1 saturated heterocycles. The van der Waals surface area contributed by atoms with Crippen molar-refractivity contribution >= 4 is 27.5 Å². The second-order valence-electron chi connectivity index (χ2n) is 4.61. The van der Waals surface area contributed by atoms with Crippen molar-refractivity contribution in [2.45, 2.75) is 32.7 Å². The minimum absolute atomic E-state index is 0.167. The molecule has 1 aromatic carbocycles. The van der Waals surface area contributed by atoms with Gasteiger partial charge in [0, 0.05) is 29.2 Å². The van der Waals surface area contributed by atoms with E-state index < -0.39 is 0 Å². The molecule has 4 heteroatoms. The molecule has 0 spiro atoms. The molecule has 0 aromatic heterocycles. The highest BCUT2D eigenvalue weighted by atomic mass is 79.9. The molecule has 0 bridgehead atoms. The van der Waals surface area contributed by atoms with Crippen molar-refractivity contribution in [3.05, 3.63) is 27.7 Å². The molecular formula is C13H17BrN2O. The SMILES string of the molecule is Cc1cc(NCC2CCC(=O)N2)cc(C)c1Br. The number of aryl methyl sites for hydroxylation is 2. The van der Waals surface area contributed by atoms with Gasteiger partial charge in [0.25, 0.3) is 0 Å². The Kier molecular flexibility index (Phi) is 3.72. The van der Waals surface area contributed by atoms with Gasteiger partial charge in [-0.05, 0) is 43.5 Å². The zero-order valence-electron chi connectivity index (χ0n) is 10.1. The van der Waals surface area contributed by atoms with Crippen LogP contribution in [-0.4, -0.2) is 18.5 Å². The number of amides is 1. The molecule has 2 N–H and O–H groups in total. The number of carbonyl (C=O) groups is 1. The van der Waals surface area contributed by atoms with E-state index in [1.54, 1.807) is 0 Å². The van der Waals surface area contributed by atoms with Crippen LogP contribution in [0, 0.1) is 13.8 Å². The molecular weight excluding hydrogens is 280 g/mol. The van der Waals surface area contributed by atoms with Gasteiger partial charge >= 0.3 is 0 Å². The van der Waals surface area contributed by atoms with Crippen LogP contribution in [0.15, 0.2) is 16.6 Å². The van der Waals surface area contributed by atoms with Gasteiger partial charge in [-0.2, -0.15) is 0 Å². The number of rotatable bonds is 3. The topological polar surface area (TPSA) is 41.1 Å². The molecule has 1 aliphatic rings. The molecule has 0 radical (unpaired) electrons. The Bertz CT molecular complexity index is 422. The van der Waals surface area contributed by atoms with Crippen molar-refractivity contribution in [2.75, 3.05) is 11.9 Å². The molecule has 1 heterocycles. The predicted molar refractivity (Wildman–Crippen MR) is 73.3 cm³/mol. The molecule has 17 heavy (non-hydrogen) atoms. The summed E-state index contributed by atoms with van der Waals surface area (Å²) in [5, 5.41) is 6.33. The van der Waals surface area contributed by atoms with Crippen LogP contribution in [0.1, 0.15) is 24.0 Å². The zero-order chi connectivity index (χ0) is 12.4. The summed E-state index contributed by atoms with van der Waals surface area (Å²) in [6, 6.07) is 4.51.